The van der Waals surface area contributed by atoms with Crippen molar-refractivity contribution in [2.24, 2.45) is 0 Å². The lowest BCUT2D eigenvalue weighted by molar-refractivity contribution is -0.430. The van der Waals surface area contributed by atoms with Gasteiger partial charge in [-0.25, -0.2) is 0 Å². The number of hydrogen-bond acceptors (Lipinski definition) is 3. The number of allylic oxidation sites excluding steroid dienone is 2. The summed E-state index contributed by atoms with van der Waals surface area (Å²) in [5.74, 6) is 0. The molecule has 0 bridgehead atoms. The zero-order valence-corrected chi connectivity index (χ0v) is 4.61. The van der Waals surface area contributed by atoms with Crippen molar-refractivity contribution in [3.8, 4) is 0 Å². The summed E-state index contributed by atoms with van der Waals surface area (Å²) in [4.78, 5) is 9.52. The molecule has 0 aromatic rings. The molecule has 0 saturated carbocycles. The summed E-state index contributed by atoms with van der Waals surface area (Å²) in [5, 5.41) is 9.98. The van der Waals surface area contributed by atoms with Gasteiger partial charge in [0.1, 0.15) is 0 Å². The van der Waals surface area contributed by atoms with Crippen LogP contribution in [0.25, 0.3) is 0 Å². The van der Waals surface area contributed by atoms with E-state index in [-0.39, 0.29) is 12.3 Å². The van der Waals surface area contributed by atoms with Crippen LogP contribution < -0.4 is 0 Å². The fraction of sp³-hybridized carbons (Fsp3) is 0.200. The van der Waals surface area contributed by atoms with Crippen molar-refractivity contribution in [3.63, 3.8) is 0 Å². The maximum absolute atomic E-state index is 9.98. The van der Waals surface area contributed by atoms with E-state index in [0.717, 1.165) is 0 Å². The highest BCUT2D eigenvalue weighted by atomic mass is 16.6. The Kier molecular flexibility index (Phi) is 1.48. The van der Waals surface area contributed by atoms with Crippen molar-refractivity contribution in [1.82, 2.24) is 0 Å². The topological polar surface area (TPSA) is 52.4 Å². The summed E-state index contributed by atoms with van der Waals surface area (Å²) < 4.78 is 4.65. The molecule has 0 atom stereocenters. The molecule has 0 N–H and O–H groups in total. The van der Waals surface area contributed by atoms with E-state index in [1.54, 1.807) is 0 Å². The lowest BCUT2D eigenvalue weighted by atomic mass is 10.4. The third kappa shape index (κ3) is 1.28. The van der Waals surface area contributed by atoms with Crippen LogP contribution >= 0.6 is 0 Å². The minimum absolute atomic E-state index is 0.0729. The van der Waals surface area contributed by atoms with Gasteiger partial charge in [-0.2, -0.15) is 0 Å². The molecule has 4 nitrogen and oxygen atoms in total. The Labute approximate surface area is 51.6 Å². The zero-order valence-electron chi connectivity index (χ0n) is 4.61. The Bertz CT molecular complexity index is 183. The summed E-state index contributed by atoms with van der Waals surface area (Å²) in [6.45, 7) is 0.0729. The first kappa shape index (κ1) is 5.81. The van der Waals surface area contributed by atoms with Gasteiger partial charge >= 0.3 is 0 Å². The molecule has 0 aromatic heterocycles. The molecule has 1 aliphatic rings. The van der Waals surface area contributed by atoms with E-state index < -0.39 is 4.92 Å². The van der Waals surface area contributed by atoms with Crippen molar-refractivity contribution in [3.05, 3.63) is 34.2 Å². The molecule has 0 unspecified atom stereocenters. The van der Waals surface area contributed by atoms with Crippen LogP contribution in [0.15, 0.2) is 24.1 Å². The van der Waals surface area contributed by atoms with Crippen LogP contribution in [0.3, 0.4) is 0 Å². The predicted octanol–water partition coefficient (Wildman–Crippen LogP) is 0.691. The van der Waals surface area contributed by atoms with Crippen LogP contribution in [-0.4, -0.2) is 11.5 Å². The van der Waals surface area contributed by atoms with Crippen LogP contribution in [0.4, 0.5) is 0 Å². The SMILES string of the molecule is O=[N+]([O-])C1=CC=COC1. The van der Waals surface area contributed by atoms with E-state index in [0.29, 0.717) is 0 Å². The number of ether oxygens (including phenoxy) is 1. The van der Waals surface area contributed by atoms with E-state index in [1.165, 1.54) is 18.4 Å². The molecule has 1 aliphatic heterocycles. The van der Waals surface area contributed by atoms with Crippen molar-refractivity contribution in [1.29, 1.82) is 0 Å². The normalized spacial score (nSPS) is 16.2. The fourth-order valence-electron chi connectivity index (χ4n) is 0.501. The number of rotatable bonds is 1. The Morgan fingerprint density at radius 2 is 2.56 bits per heavy atom. The van der Waals surface area contributed by atoms with Crippen LogP contribution in [0.2, 0.25) is 0 Å². The molecule has 1 rings (SSSR count). The smallest absolute Gasteiger partial charge is 0.283 e. The minimum Gasteiger partial charge on any atom is -0.490 e. The largest absolute Gasteiger partial charge is 0.490 e. The molecule has 0 aliphatic carbocycles. The second-order valence-corrected chi connectivity index (χ2v) is 1.55. The van der Waals surface area contributed by atoms with Crippen LogP contribution in [0, 0.1) is 10.1 Å². The molecule has 0 amide bonds. The van der Waals surface area contributed by atoms with Crippen LogP contribution in [0.5, 0.6) is 0 Å². The van der Waals surface area contributed by atoms with E-state index in [9.17, 15) is 10.1 Å². The number of hydrogen-bond donors (Lipinski definition) is 0. The lowest BCUT2D eigenvalue weighted by Crippen LogP contribution is -2.06. The quantitative estimate of drug-likeness (QED) is 0.384. The number of nitro groups is 1. The van der Waals surface area contributed by atoms with Crippen LogP contribution in [-0.2, 0) is 4.74 Å². The Hall–Kier alpha value is -1.32. The summed E-state index contributed by atoms with van der Waals surface area (Å²) in [5.41, 5.74) is 0.0949. The average Bonchev–Trinajstić information content (AvgIpc) is 1.90. The maximum atomic E-state index is 9.98. The van der Waals surface area contributed by atoms with Crippen LogP contribution in [0.1, 0.15) is 0 Å². The zero-order chi connectivity index (χ0) is 6.69. The molecule has 1 heterocycles. The average molecular weight is 127 g/mol. The predicted molar refractivity (Wildman–Crippen MR) is 30.2 cm³/mol. The standard InChI is InChI=1S/C5H5NO3/c7-6(8)5-2-1-3-9-4-5/h1-3H,4H2. The fourth-order valence-corrected chi connectivity index (χ4v) is 0.501. The second-order valence-electron chi connectivity index (χ2n) is 1.55. The van der Waals surface area contributed by atoms with E-state index in [2.05, 4.69) is 4.74 Å². The van der Waals surface area contributed by atoms with Gasteiger partial charge in [0.15, 0.2) is 6.61 Å². The molecular weight excluding hydrogens is 122 g/mol. The summed E-state index contributed by atoms with van der Waals surface area (Å²) in [7, 11) is 0. The minimum atomic E-state index is -0.455. The first-order valence-electron chi connectivity index (χ1n) is 2.42. The van der Waals surface area contributed by atoms with Crippen molar-refractivity contribution >= 4 is 0 Å². The Morgan fingerprint density at radius 3 is 2.89 bits per heavy atom. The van der Waals surface area contributed by atoms with Gasteiger partial charge in [0.2, 0.25) is 0 Å². The second kappa shape index (κ2) is 2.30. The Balaban J connectivity index is 2.68. The van der Waals surface area contributed by atoms with Crippen molar-refractivity contribution in [2.45, 2.75) is 0 Å². The van der Waals surface area contributed by atoms with Gasteiger partial charge in [0.05, 0.1) is 11.2 Å². The first-order chi connectivity index (χ1) is 4.30. The van der Waals surface area contributed by atoms with Gasteiger partial charge in [-0.15, -0.1) is 0 Å². The molecule has 9 heavy (non-hydrogen) atoms. The van der Waals surface area contributed by atoms with E-state index in [1.807, 2.05) is 0 Å². The van der Waals surface area contributed by atoms with Gasteiger partial charge in [0, 0.05) is 6.08 Å². The highest BCUT2D eigenvalue weighted by Gasteiger charge is 2.10. The lowest BCUT2D eigenvalue weighted by Gasteiger charge is -2.00. The van der Waals surface area contributed by atoms with Gasteiger partial charge in [-0.3, -0.25) is 10.1 Å². The van der Waals surface area contributed by atoms with Crippen molar-refractivity contribution < 1.29 is 9.66 Å². The van der Waals surface area contributed by atoms with Crippen molar-refractivity contribution in [2.75, 3.05) is 6.61 Å². The van der Waals surface area contributed by atoms with E-state index >= 15 is 0 Å². The molecular formula is C5H5NO3. The van der Waals surface area contributed by atoms with E-state index in [4.69, 9.17) is 0 Å². The van der Waals surface area contributed by atoms with Gasteiger partial charge in [-0.05, 0) is 6.08 Å². The van der Waals surface area contributed by atoms with Gasteiger partial charge in [0.25, 0.3) is 5.70 Å². The highest BCUT2D eigenvalue weighted by molar-refractivity contribution is 5.08. The molecule has 0 fully saturated rings. The first-order valence-corrected chi connectivity index (χ1v) is 2.42. The third-order valence-electron chi connectivity index (χ3n) is 0.929. The monoisotopic (exact) mass is 127 g/mol. The number of nitrogens with zero attached hydrogens (tertiary/aromatic N) is 1. The molecule has 4 heteroatoms. The summed E-state index contributed by atoms with van der Waals surface area (Å²) >= 11 is 0. The maximum Gasteiger partial charge on any atom is 0.283 e. The molecule has 0 spiro atoms. The van der Waals surface area contributed by atoms with Gasteiger partial charge in [-0.1, -0.05) is 0 Å². The highest BCUT2D eigenvalue weighted by Crippen LogP contribution is 2.02. The summed E-state index contributed by atoms with van der Waals surface area (Å²) in [6.07, 6.45) is 4.35. The summed E-state index contributed by atoms with van der Waals surface area (Å²) in [6, 6.07) is 0. The third-order valence-corrected chi connectivity index (χ3v) is 0.929. The molecule has 0 radical (unpaired) electrons. The Morgan fingerprint density at radius 1 is 1.78 bits per heavy atom. The molecule has 48 valence electrons. The van der Waals surface area contributed by atoms with Gasteiger partial charge < -0.3 is 4.74 Å². The molecule has 0 saturated heterocycles. The molecule has 0 aromatic carbocycles.